The number of amides is 1. The number of hydrogen-bond donors (Lipinski definition) is 2. The van der Waals surface area contributed by atoms with Gasteiger partial charge in [0.25, 0.3) is 0 Å². The van der Waals surface area contributed by atoms with Crippen LogP contribution in [-0.4, -0.2) is 16.6 Å². The summed E-state index contributed by atoms with van der Waals surface area (Å²) in [5.41, 5.74) is 7.39. The summed E-state index contributed by atoms with van der Waals surface area (Å²) >= 11 is 9.69. The first-order chi connectivity index (χ1) is 9.45. The number of thiazole rings is 1. The first kappa shape index (κ1) is 15.8. The van der Waals surface area contributed by atoms with Gasteiger partial charge in [0.1, 0.15) is 0 Å². The van der Waals surface area contributed by atoms with Crippen molar-refractivity contribution in [1.29, 1.82) is 0 Å². The molecule has 0 unspecified atom stereocenters. The lowest BCUT2D eigenvalue weighted by Gasteiger charge is -2.10. The smallest absolute Gasteiger partial charge is 0.234 e. The van der Waals surface area contributed by atoms with E-state index in [0.29, 0.717) is 10.9 Å². The van der Waals surface area contributed by atoms with E-state index in [2.05, 4.69) is 42.2 Å². The van der Waals surface area contributed by atoms with Crippen molar-refractivity contribution < 1.29 is 4.79 Å². The molecular formula is C12H11Br2N3OS2. The zero-order chi connectivity index (χ0) is 14.7. The quantitative estimate of drug-likeness (QED) is 0.701. The number of thioether (sulfide) groups is 1. The van der Waals surface area contributed by atoms with Crippen LogP contribution in [-0.2, 0) is 4.79 Å². The number of hydrogen-bond acceptors (Lipinski definition) is 5. The number of carbonyl (C=O) groups excluding carboxylic acids is 1. The van der Waals surface area contributed by atoms with Gasteiger partial charge in [-0.3, -0.25) is 4.79 Å². The second-order valence-electron chi connectivity index (χ2n) is 3.96. The molecule has 106 valence electrons. The van der Waals surface area contributed by atoms with E-state index in [1.165, 1.54) is 23.1 Å². The molecule has 2 aromatic rings. The summed E-state index contributed by atoms with van der Waals surface area (Å²) in [6, 6.07) is 3.91. The van der Waals surface area contributed by atoms with E-state index in [1.807, 2.05) is 19.1 Å². The molecule has 0 aliphatic rings. The first-order valence-electron chi connectivity index (χ1n) is 5.55. The third kappa shape index (κ3) is 4.21. The standard InChI is InChI=1S/C12H11Br2N3OS2/c1-6-2-7(13)11(8(14)3-6)17-9(18)5-19-10-4-16-12(15)20-10/h2-4H,5H2,1H3,(H2,15,16)(H,17,18). The van der Waals surface area contributed by atoms with Gasteiger partial charge >= 0.3 is 0 Å². The molecule has 1 aromatic heterocycles. The van der Waals surface area contributed by atoms with Crippen molar-refractivity contribution in [1.82, 2.24) is 4.98 Å². The number of aromatic nitrogens is 1. The molecule has 1 heterocycles. The fourth-order valence-corrected chi connectivity index (χ4v) is 4.64. The first-order valence-corrected chi connectivity index (χ1v) is 8.94. The van der Waals surface area contributed by atoms with E-state index in [0.717, 1.165) is 24.4 Å². The van der Waals surface area contributed by atoms with Crippen LogP contribution in [0.1, 0.15) is 5.56 Å². The molecule has 0 aliphatic carbocycles. The van der Waals surface area contributed by atoms with Crippen LogP contribution in [0.4, 0.5) is 10.8 Å². The fourth-order valence-electron chi connectivity index (χ4n) is 1.47. The SMILES string of the molecule is Cc1cc(Br)c(NC(=O)CSc2cnc(N)s2)c(Br)c1. The molecule has 8 heteroatoms. The van der Waals surface area contributed by atoms with Gasteiger partial charge in [-0.2, -0.15) is 0 Å². The lowest BCUT2D eigenvalue weighted by molar-refractivity contribution is -0.113. The second kappa shape index (κ2) is 6.93. The molecular weight excluding hydrogens is 426 g/mol. The van der Waals surface area contributed by atoms with E-state index < -0.39 is 0 Å². The van der Waals surface area contributed by atoms with Gasteiger partial charge in [-0.25, -0.2) is 4.98 Å². The highest BCUT2D eigenvalue weighted by Gasteiger charge is 2.11. The number of nitrogens with two attached hydrogens (primary N) is 1. The monoisotopic (exact) mass is 435 g/mol. The number of nitrogen functional groups attached to an aromatic ring is 1. The average molecular weight is 437 g/mol. The number of benzene rings is 1. The van der Waals surface area contributed by atoms with Gasteiger partial charge in [-0.05, 0) is 56.5 Å². The fraction of sp³-hybridized carbons (Fsp3) is 0.167. The molecule has 20 heavy (non-hydrogen) atoms. The minimum Gasteiger partial charge on any atom is -0.375 e. The lowest BCUT2D eigenvalue weighted by atomic mass is 10.2. The molecule has 0 fully saturated rings. The van der Waals surface area contributed by atoms with Crippen LogP contribution < -0.4 is 11.1 Å². The number of aryl methyl sites for hydroxylation is 1. The van der Waals surface area contributed by atoms with Crippen molar-refractivity contribution in [2.75, 3.05) is 16.8 Å². The minimum atomic E-state index is -0.0766. The van der Waals surface area contributed by atoms with Gasteiger partial charge in [0.2, 0.25) is 5.91 Å². The van der Waals surface area contributed by atoms with Gasteiger partial charge in [0.15, 0.2) is 5.13 Å². The Hall–Kier alpha value is -0.570. The van der Waals surface area contributed by atoms with Gasteiger partial charge in [0.05, 0.1) is 21.8 Å². The Bertz CT molecular complexity index is 622. The van der Waals surface area contributed by atoms with E-state index in [1.54, 1.807) is 6.20 Å². The molecule has 2 rings (SSSR count). The van der Waals surface area contributed by atoms with Crippen LogP contribution in [0.5, 0.6) is 0 Å². The summed E-state index contributed by atoms with van der Waals surface area (Å²) in [7, 11) is 0. The number of nitrogens with one attached hydrogen (secondary N) is 1. The Morgan fingerprint density at radius 2 is 2.10 bits per heavy atom. The van der Waals surface area contributed by atoms with Crippen molar-refractivity contribution in [3.63, 3.8) is 0 Å². The molecule has 3 N–H and O–H groups in total. The molecule has 0 spiro atoms. The van der Waals surface area contributed by atoms with Crippen LogP contribution in [0.15, 0.2) is 31.5 Å². The lowest BCUT2D eigenvalue weighted by Crippen LogP contribution is -2.14. The topological polar surface area (TPSA) is 68.0 Å². The Kier molecular flexibility index (Phi) is 5.48. The minimum absolute atomic E-state index is 0.0766. The third-order valence-electron chi connectivity index (χ3n) is 2.30. The molecule has 1 aromatic carbocycles. The highest BCUT2D eigenvalue weighted by atomic mass is 79.9. The highest BCUT2D eigenvalue weighted by molar-refractivity contribution is 9.11. The highest BCUT2D eigenvalue weighted by Crippen LogP contribution is 2.33. The van der Waals surface area contributed by atoms with Crippen LogP contribution in [0, 0.1) is 6.92 Å². The summed E-state index contributed by atoms with van der Waals surface area (Å²) < 4.78 is 2.63. The van der Waals surface area contributed by atoms with Crippen LogP contribution in [0.3, 0.4) is 0 Å². The summed E-state index contributed by atoms with van der Waals surface area (Å²) in [6.07, 6.45) is 1.68. The van der Waals surface area contributed by atoms with Crippen molar-refractivity contribution >= 4 is 71.7 Å². The Morgan fingerprint density at radius 3 is 2.65 bits per heavy atom. The molecule has 0 radical (unpaired) electrons. The average Bonchev–Trinajstić information content (AvgIpc) is 2.77. The Balaban J connectivity index is 1.98. The Labute approximate surface area is 141 Å². The normalized spacial score (nSPS) is 10.6. The molecule has 4 nitrogen and oxygen atoms in total. The number of rotatable bonds is 4. The molecule has 0 aliphatic heterocycles. The molecule has 0 saturated carbocycles. The van der Waals surface area contributed by atoms with Crippen molar-refractivity contribution in [2.45, 2.75) is 11.1 Å². The Morgan fingerprint density at radius 1 is 1.45 bits per heavy atom. The maximum Gasteiger partial charge on any atom is 0.234 e. The number of halogens is 2. The molecule has 0 saturated heterocycles. The summed E-state index contributed by atoms with van der Waals surface area (Å²) in [6.45, 7) is 1.99. The summed E-state index contributed by atoms with van der Waals surface area (Å²) in [5.74, 6) is 0.237. The zero-order valence-corrected chi connectivity index (χ0v) is 15.2. The maximum atomic E-state index is 12.0. The van der Waals surface area contributed by atoms with Crippen molar-refractivity contribution in [2.24, 2.45) is 0 Å². The van der Waals surface area contributed by atoms with Gasteiger partial charge in [-0.15, -0.1) is 11.8 Å². The largest absolute Gasteiger partial charge is 0.375 e. The maximum absolute atomic E-state index is 12.0. The zero-order valence-electron chi connectivity index (χ0n) is 10.4. The van der Waals surface area contributed by atoms with Gasteiger partial charge in [-0.1, -0.05) is 11.3 Å². The van der Waals surface area contributed by atoms with Crippen LogP contribution in [0.25, 0.3) is 0 Å². The van der Waals surface area contributed by atoms with Crippen LogP contribution in [0.2, 0.25) is 0 Å². The summed E-state index contributed by atoms with van der Waals surface area (Å²) in [5, 5.41) is 3.39. The third-order valence-corrected chi connectivity index (χ3v) is 5.57. The predicted octanol–water partition coefficient (Wildman–Crippen LogP) is 4.29. The number of nitrogens with zero attached hydrogens (tertiary/aromatic N) is 1. The van der Waals surface area contributed by atoms with E-state index >= 15 is 0 Å². The van der Waals surface area contributed by atoms with E-state index in [9.17, 15) is 4.79 Å². The molecule has 0 bridgehead atoms. The van der Waals surface area contributed by atoms with Crippen molar-refractivity contribution in [3.8, 4) is 0 Å². The van der Waals surface area contributed by atoms with Gasteiger partial charge in [0, 0.05) is 8.95 Å². The summed E-state index contributed by atoms with van der Waals surface area (Å²) in [4.78, 5) is 15.9. The van der Waals surface area contributed by atoms with Crippen LogP contribution >= 0.6 is 55.0 Å². The number of carbonyl (C=O) groups is 1. The van der Waals surface area contributed by atoms with Crippen molar-refractivity contribution in [3.05, 3.63) is 32.8 Å². The van der Waals surface area contributed by atoms with Gasteiger partial charge < -0.3 is 11.1 Å². The molecule has 0 atom stereocenters. The predicted molar refractivity (Wildman–Crippen MR) is 92.5 cm³/mol. The van der Waals surface area contributed by atoms with E-state index in [4.69, 9.17) is 5.73 Å². The number of anilines is 2. The second-order valence-corrected chi connectivity index (χ2v) is 8.00. The molecule has 1 amide bonds. The van der Waals surface area contributed by atoms with E-state index in [-0.39, 0.29) is 5.91 Å².